The van der Waals surface area contributed by atoms with Gasteiger partial charge in [0.05, 0.1) is 0 Å². The van der Waals surface area contributed by atoms with Gasteiger partial charge < -0.3 is 5.26 Å². The van der Waals surface area contributed by atoms with Crippen LogP contribution in [0, 0.1) is 0 Å². The van der Waals surface area contributed by atoms with Crippen molar-refractivity contribution < 1.29 is 31.8 Å². The van der Waals surface area contributed by atoms with Gasteiger partial charge in [0.25, 0.3) is 10.0 Å². The first-order valence-corrected chi connectivity index (χ1v) is 6.12. The molecule has 1 aliphatic rings. The molecule has 0 aromatic rings. The van der Waals surface area contributed by atoms with Crippen molar-refractivity contribution in [2.45, 2.75) is 17.4 Å². The van der Waals surface area contributed by atoms with Gasteiger partial charge in [0, 0.05) is 13.1 Å². The van der Waals surface area contributed by atoms with E-state index in [1.165, 1.54) is 0 Å². The van der Waals surface area contributed by atoms with E-state index in [1.54, 1.807) is 0 Å². The summed E-state index contributed by atoms with van der Waals surface area (Å²) >= 11 is -0.825. The highest BCUT2D eigenvalue weighted by molar-refractivity contribution is 8.10. The zero-order valence-electron chi connectivity index (χ0n) is 7.39. The first-order valence-electron chi connectivity index (χ1n) is 3.93. The number of hydrogen-bond acceptors (Lipinski definition) is 6. The molecule has 0 N–H and O–H groups in total. The fraction of sp³-hybridized carbons (Fsp3) is 1.00. The molecule has 0 aliphatic carbocycles. The van der Waals surface area contributed by atoms with Gasteiger partial charge in [-0.1, -0.05) is 0 Å². The van der Waals surface area contributed by atoms with Crippen LogP contribution in [0.1, 0.15) is 12.8 Å². The average Bonchev–Trinajstić information content (AvgIpc) is 2.67. The summed E-state index contributed by atoms with van der Waals surface area (Å²) in [6, 6.07) is 0. The quantitative estimate of drug-likeness (QED) is 0.390. The molecule has 0 saturated carbocycles. The monoisotopic (exact) mass is 264 g/mol. The van der Waals surface area contributed by atoms with Crippen molar-refractivity contribution in [1.29, 1.82) is 0 Å². The molecular weight excluding hydrogens is 256 g/mol. The van der Waals surface area contributed by atoms with Gasteiger partial charge in [-0.05, 0) is 12.8 Å². The Kier molecular flexibility index (Phi) is 4.26. The maximum Gasteiger partial charge on any atom is 0.433 e. The van der Waals surface area contributed by atoms with Crippen LogP contribution in [0.25, 0.3) is 0 Å². The summed E-state index contributed by atoms with van der Waals surface area (Å²) in [5.41, 5.74) is 0. The summed E-state index contributed by atoms with van der Waals surface area (Å²) < 4.78 is 48.4. The Balaban J connectivity index is 2.74. The zero-order chi connectivity index (χ0) is 11.5. The average molecular weight is 264 g/mol. The van der Waals surface area contributed by atoms with Gasteiger partial charge in [-0.15, -0.1) is 0 Å². The lowest BCUT2D eigenvalue weighted by Gasteiger charge is -2.21. The fourth-order valence-electron chi connectivity index (χ4n) is 1.18. The SMILES string of the molecule is O=S(=O)(N1CCCC1)C(F)(F)SOO[O-]. The zero-order valence-corrected chi connectivity index (χ0v) is 9.02. The van der Waals surface area contributed by atoms with Gasteiger partial charge in [-0.25, -0.2) is 8.42 Å². The number of rotatable bonds is 5. The molecule has 0 radical (unpaired) electrons. The number of halogens is 2. The van der Waals surface area contributed by atoms with E-state index in [4.69, 9.17) is 0 Å². The number of sulfonamides is 1. The third-order valence-corrected chi connectivity index (χ3v) is 4.66. The third-order valence-electron chi connectivity index (χ3n) is 1.86. The smallest absolute Gasteiger partial charge is 0.433 e. The van der Waals surface area contributed by atoms with Gasteiger partial charge in [-0.3, -0.25) is 5.04 Å². The molecule has 1 rings (SSSR count). The first kappa shape index (κ1) is 13.1. The van der Waals surface area contributed by atoms with Crippen LogP contribution in [0.5, 0.6) is 0 Å². The Labute approximate surface area is 89.3 Å². The van der Waals surface area contributed by atoms with Crippen molar-refractivity contribution in [3.8, 4) is 0 Å². The molecule has 1 saturated heterocycles. The van der Waals surface area contributed by atoms with E-state index in [1.807, 2.05) is 0 Å². The van der Waals surface area contributed by atoms with Crippen molar-refractivity contribution in [2.24, 2.45) is 0 Å². The minimum atomic E-state index is -4.79. The Morgan fingerprint density at radius 3 is 2.33 bits per heavy atom. The molecule has 1 aliphatic heterocycles. The summed E-state index contributed by atoms with van der Waals surface area (Å²) in [4.78, 5) is 0. The third kappa shape index (κ3) is 2.77. The standard InChI is InChI=1S/C5H9F2NO5S2/c6-5(7,14-13-12-9)15(10,11)8-3-1-2-4-8/h9H,1-4H2/p-1. The Bertz CT molecular complexity index is 303. The van der Waals surface area contributed by atoms with Crippen molar-refractivity contribution in [3.63, 3.8) is 0 Å². The highest BCUT2D eigenvalue weighted by Crippen LogP contribution is 2.38. The van der Waals surface area contributed by atoms with E-state index >= 15 is 0 Å². The Hall–Kier alpha value is -0.0000000000000000971. The van der Waals surface area contributed by atoms with Gasteiger partial charge in [0.15, 0.2) is 0 Å². The highest BCUT2D eigenvalue weighted by Gasteiger charge is 2.51. The molecule has 0 aromatic heterocycles. The first-order chi connectivity index (χ1) is 6.92. The fourth-order valence-corrected chi connectivity index (χ4v) is 3.07. The molecule has 0 atom stereocenters. The molecule has 15 heavy (non-hydrogen) atoms. The van der Waals surface area contributed by atoms with Gasteiger partial charge in [-0.2, -0.15) is 17.4 Å². The number of hydrogen-bond donors (Lipinski definition) is 0. The molecule has 10 heteroatoms. The predicted molar refractivity (Wildman–Crippen MR) is 44.4 cm³/mol. The minimum Gasteiger partial charge on any atom is -0.691 e. The van der Waals surface area contributed by atoms with Gasteiger partial charge in [0.1, 0.15) is 12.0 Å². The summed E-state index contributed by atoms with van der Waals surface area (Å²) in [6.07, 6.45) is 1.08. The summed E-state index contributed by atoms with van der Waals surface area (Å²) in [5.74, 6) is 0. The van der Waals surface area contributed by atoms with E-state index in [9.17, 15) is 22.5 Å². The second-order valence-electron chi connectivity index (χ2n) is 2.79. The summed E-state index contributed by atoms with van der Waals surface area (Å²) in [6.45, 7) is 0.105. The number of alkyl halides is 2. The molecular formula is C5H8F2NO5S2-. The van der Waals surface area contributed by atoms with E-state index in [2.05, 4.69) is 9.37 Å². The minimum absolute atomic E-state index is 0.0523. The number of nitrogens with zero attached hydrogens (tertiary/aromatic N) is 1. The van der Waals surface area contributed by atoms with E-state index < -0.39 is 26.7 Å². The van der Waals surface area contributed by atoms with E-state index in [0.717, 1.165) is 0 Å². The highest BCUT2D eigenvalue weighted by atomic mass is 32.3. The molecule has 1 heterocycles. The maximum absolute atomic E-state index is 13.0. The lowest BCUT2D eigenvalue weighted by atomic mass is 10.4. The van der Waals surface area contributed by atoms with Crippen LogP contribution < -0.4 is 5.26 Å². The van der Waals surface area contributed by atoms with Gasteiger partial charge >= 0.3 is 4.59 Å². The Morgan fingerprint density at radius 1 is 1.33 bits per heavy atom. The largest absolute Gasteiger partial charge is 0.691 e. The normalized spacial score (nSPS) is 19.7. The van der Waals surface area contributed by atoms with Crippen molar-refractivity contribution in [3.05, 3.63) is 0 Å². The molecule has 0 unspecified atom stereocenters. The molecule has 0 amide bonds. The molecule has 0 bridgehead atoms. The van der Waals surface area contributed by atoms with Gasteiger partial charge in [0.2, 0.25) is 0 Å². The van der Waals surface area contributed by atoms with Crippen LogP contribution in [0.15, 0.2) is 0 Å². The van der Waals surface area contributed by atoms with Crippen LogP contribution in [0.3, 0.4) is 0 Å². The van der Waals surface area contributed by atoms with Crippen LogP contribution in [-0.4, -0.2) is 30.4 Å². The summed E-state index contributed by atoms with van der Waals surface area (Å²) in [5, 5.41) is 12.0. The molecule has 1 fully saturated rings. The lowest BCUT2D eigenvalue weighted by molar-refractivity contribution is -0.777. The maximum atomic E-state index is 13.0. The van der Waals surface area contributed by atoms with E-state index in [0.29, 0.717) is 17.1 Å². The van der Waals surface area contributed by atoms with E-state index in [-0.39, 0.29) is 13.1 Å². The second kappa shape index (κ2) is 4.89. The van der Waals surface area contributed by atoms with Crippen molar-refractivity contribution >= 4 is 22.1 Å². The van der Waals surface area contributed by atoms with Crippen LogP contribution in [-0.2, 0) is 19.4 Å². The molecule has 0 spiro atoms. The molecule has 90 valence electrons. The predicted octanol–water partition coefficient (Wildman–Crippen LogP) is -0.166. The van der Waals surface area contributed by atoms with Crippen LogP contribution in [0.2, 0.25) is 0 Å². The molecule has 6 nitrogen and oxygen atoms in total. The van der Waals surface area contributed by atoms with Crippen LogP contribution >= 0.6 is 12.0 Å². The molecule has 0 aromatic carbocycles. The second-order valence-corrected chi connectivity index (χ2v) is 5.85. The lowest BCUT2D eigenvalue weighted by Crippen LogP contribution is -2.39. The Morgan fingerprint density at radius 2 is 1.87 bits per heavy atom. The summed E-state index contributed by atoms with van der Waals surface area (Å²) in [7, 11) is -4.79. The van der Waals surface area contributed by atoms with Crippen LogP contribution in [0.4, 0.5) is 8.78 Å². The van der Waals surface area contributed by atoms with Crippen molar-refractivity contribution in [2.75, 3.05) is 13.1 Å². The topological polar surface area (TPSA) is 78.9 Å². The van der Waals surface area contributed by atoms with Crippen molar-refractivity contribution in [1.82, 2.24) is 4.31 Å².